The van der Waals surface area contributed by atoms with E-state index < -0.39 is 16.3 Å². The Hall–Kier alpha value is -0.190. The predicted molar refractivity (Wildman–Crippen MR) is 51.9 cm³/mol. The van der Waals surface area contributed by atoms with E-state index in [1.165, 1.54) is 0 Å². The van der Waals surface area contributed by atoms with Crippen molar-refractivity contribution in [3.8, 4) is 0 Å². The van der Waals surface area contributed by atoms with Gasteiger partial charge in [0, 0.05) is 5.33 Å². The molecule has 0 fully saturated rings. The van der Waals surface area contributed by atoms with Crippen LogP contribution in [0.1, 0.15) is 10.8 Å². The van der Waals surface area contributed by atoms with Gasteiger partial charge in [0.2, 0.25) is 0 Å². The molecule has 0 aliphatic rings. The summed E-state index contributed by atoms with van der Waals surface area (Å²) in [4.78, 5) is 0. The molecule has 1 rings (SSSR count). The Morgan fingerprint density at radius 1 is 1.42 bits per heavy atom. The molecule has 0 aliphatic carbocycles. The summed E-state index contributed by atoms with van der Waals surface area (Å²) in [5, 5.41) is -0.00108. The van der Waals surface area contributed by atoms with Crippen molar-refractivity contribution in [1.82, 2.24) is 0 Å². The zero-order valence-corrected chi connectivity index (χ0v) is 8.68. The standard InChI is InChI=1S/C8H9BrO2S/c9-6-8(12(10)11)7-4-2-1-3-5-7/h1-5,8H,6H2,(H,10,11)/p-1. The summed E-state index contributed by atoms with van der Waals surface area (Å²) in [6.45, 7) is 0. The minimum atomic E-state index is -2.05. The van der Waals surface area contributed by atoms with E-state index >= 15 is 0 Å². The molecule has 0 aromatic heterocycles. The van der Waals surface area contributed by atoms with E-state index in [1.807, 2.05) is 30.3 Å². The maximum absolute atomic E-state index is 10.7. The van der Waals surface area contributed by atoms with Gasteiger partial charge in [-0.2, -0.15) is 0 Å². The van der Waals surface area contributed by atoms with E-state index in [-0.39, 0.29) is 0 Å². The van der Waals surface area contributed by atoms with Gasteiger partial charge in [0.05, 0.1) is 5.25 Å². The Kier molecular flexibility index (Phi) is 3.91. The van der Waals surface area contributed by atoms with Gasteiger partial charge < -0.3 is 4.55 Å². The fraction of sp³-hybridized carbons (Fsp3) is 0.250. The van der Waals surface area contributed by atoms with Crippen LogP contribution in [-0.2, 0) is 11.1 Å². The normalized spacial score (nSPS) is 15.5. The molecule has 1 aromatic rings. The smallest absolute Gasteiger partial charge is 0.0561 e. The number of halogens is 1. The van der Waals surface area contributed by atoms with Crippen LogP contribution in [0.15, 0.2) is 30.3 Å². The zero-order chi connectivity index (χ0) is 8.97. The average Bonchev–Trinajstić information content (AvgIpc) is 2.07. The molecule has 1 aromatic carbocycles. The van der Waals surface area contributed by atoms with E-state index in [0.29, 0.717) is 5.33 Å². The summed E-state index contributed by atoms with van der Waals surface area (Å²) in [5.74, 6) is 0. The fourth-order valence-corrected chi connectivity index (χ4v) is 2.42. The third-order valence-corrected chi connectivity index (χ3v) is 3.52. The third-order valence-electron chi connectivity index (χ3n) is 1.54. The van der Waals surface area contributed by atoms with E-state index in [0.717, 1.165) is 5.56 Å². The molecular weight excluding hydrogens is 240 g/mol. The van der Waals surface area contributed by atoms with E-state index in [4.69, 9.17) is 0 Å². The van der Waals surface area contributed by atoms with Crippen LogP contribution in [0.2, 0.25) is 0 Å². The quantitative estimate of drug-likeness (QED) is 0.606. The van der Waals surface area contributed by atoms with Crippen molar-refractivity contribution in [2.45, 2.75) is 5.25 Å². The molecule has 12 heavy (non-hydrogen) atoms. The third kappa shape index (κ3) is 2.40. The molecule has 0 radical (unpaired) electrons. The van der Waals surface area contributed by atoms with Crippen molar-refractivity contribution >= 4 is 27.0 Å². The maximum Gasteiger partial charge on any atom is 0.0561 e. The second-order valence-corrected chi connectivity index (χ2v) is 4.05. The molecule has 2 atom stereocenters. The number of hydrogen-bond acceptors (Lipinski definition) is 2. The highest BCUT2D eigenvalue weighted by Gasteiger charge is 2.08. The van der Waals surface area contributed by atoms with Crippen molar-refractivity contribution in [2.24, 2.45) is 0 Å². The molecule has 2 unspecified atom stereocenters. The fourth-order valence-electron chi connectivity index (χ4n) is 0.919. The second-order valence-electron chi connectivity index (χ2n) is 2.31. The van der Waals surface area contributed by atoms with Crippen LogP contribution < -0.4 is 0 Å². The van der Waals surface area contributed by atoms with Crippen LogP contribution in [0, 0.1) is 0 Å². The average molecular weight is 248 g/mol. The molecule has 2 nitrogen and oxygen atoms in total. The van der Waals surface area contributed by atoms with Gasteiger partial charge in [0.25, 0.3) is 0 Å². The molecular formula is C8H8BrO2S-. The van der Waals surface area contributed by atoms with Crippen LogP contribution in [-0.4, -0.2) is 14.1 Å². The predicted octanol–water partition coefficient (Wildman–Crippen LogP) is 2.00. The van der Waals surface area contributed by atoms with Gasteiger partial charge in [-0.1, -0.05) is 46.3 Å². The lowest BCUT2D eigenvalue weighted by atomic mass is 10.2. The topological polar surface area (TPSA) is 40.1 Å². The van der Waals surface area contributed by atoms with Crippen LogP contribution in [0.4, 0.5) is 0 Å². The Balaban J connectivity index is 2.88. The van der Waals surface area contributed by atoms with E-state index in [9.17, 15) is 8.76 Å². The summed E-state index contributed by atoms with van der Waals surface area (Å²) in [6, 6.07) is 9.14. The van der Waals surface area contributed by atoms with Gasteiger partial charge in [0.1, 0.15) is 0 Å². The van der Waals surface area contributed by atoms with Gasteiger partial charge in [-0.05, 0) is 16.6 Å². The van der Waals surface area contributed by atoms with Crippen molar-refractivity contribution < 1.29 is 8.76 Å². The molecule has 0 saturated carbocycles. The first-order chi connectivity index (χ1) is 5.75. The Morgan fingerprint density at radius 2 is 2.00 bits per heavy atom. The first kappa shape index (κ1) is 9.89. The highest BCUT2D eigenvalue weighted by atomic mass is 79.9. The minimum Gasteiger partial charge on any atom is -0.772 e. The Labute approximate surface area is 82.4 Å². The number of alkyl halides is 1. The second kappa shape index (κ2) is 4.74. The van der Waals surface area contributed by atoms with Gasteiger partial charge in [-0.25, -0.2) is 0 Å². The van der Waals surface area contributed by atoms with E-state index in [2.05, 4.69) is 15.9 Å². The van der Waals surface area contributed by atoms with E-state index in [1.54, 1.807) is 0 Å². The molecule has 0 amide bonds. The van der Waals surface area contributed by atoms with Crippen LogP contribution in [0.25, 0.3) is 0 Å². The highest BCUT2D eigenvalue weighted by molar-refractivity contribution is 9.09. The van der Waals surface area contributed by atoms with Crippen LogP contribution in [0.5, 0.6) is 0 Å². The van der Waals surface area contributed by atoms with Crippen molar-refractivity contribution in [3.05, 3.63) is 35.9 Å². The molecule has 0 bridgehead atoms. The van der Waals surface area contributed by atoms with Gasteiger partial charge in [0.15, 0.2) is 0 Å². The summed E-state index contributed by atoms with van der Waals surface area (Å²) in [7, 11) is 0. The van der Waals surface area contributed by atoms with Crippen LogP contribution >= 0.6 is 15.9 Å². The molecule has 0 heterocycles. The largest absolute Gasteiger partial charge is 0.772 e. The summed E-state index contributed by atoms with van der Waals surface area (Å²) >= 11 is 1.11. The Bertz CT molecular complexity index is 263. The zero-order valence-electron chi connectivity index (χ0n) is 6.27. The van der Waals surface area contributed by atoms with Crippen molar-refractivity contribution in [2.75, 3.05) is 5.33 Å². The highest BCUT2D eigenvalue weighted by Crippen LogP contribution is 2.20. The monoisotopic (exact) mass is 247 g/mol. The molecule has 66 valence electrons. The van der Waals surface area contributed by atoms with Crippen molar-refractivity contribution in [3.63, 3.8) is 0 Å². The summed E-state index contributed by atoms with van der Waals surface area (Å²) in [5.41, 5.74) is 0.822. The maximum atomic E-state index is 10.7. The molecule has 0 N–H and O–H groups in total. The van der Waals surface area contributed by atoms with Gasteiger partial charge in [-0.15, -0.1) is 0 Å². The first-order valence-electron chi connectivity index (χ1n) is 3.44. The molecule has 0 spiro atoms. The van der Waals surface area contributed by atoms with Crippen molar-refractivity contribution in [1.29, 1.82) is 0 Å². The number of hydrogen-bond donors (Lipinski definition) is 0. The summed E-state index contributed by atoms with van der Waals surface area (Å²) in [6.07, 6.45) is 0. The SMILES string of the molecule is O=S([O-])C(CBr)c1ccccc1. The number of rotatable bonds is 3. The summed E-state index contributed by atoms with van der Waals surface area (Å²) < 4.78 is 21.4. The molecule has 4 heteroatoms. The lowest BCUT2D eigenvalue weighted by Gasteiger charge is -2.16. The van der Waals surface area contributed by atoms with Gasteiger partial charge in [-0.3, -0.25) is 4.21 Å². The molecule has 0 aliphatic heterocycles. The lowest BCUT2D eigenvalue weighted by molar-refractivity contribution is 0.528. The van der Waals surface area contributed by atoms with Gasteiger partial charge >= 0.3 is 0 Å². The van der Waals surface area contributed by atoms with Crippen LogP contribution in [0.3, 0.4) is 0 Å². The number of benzene rings is 1. The minimum absolute atomic E-state index is 0.438. The Morgan fingerprint density at radius 3 is 2.42 bits per heavy atom. The molecule has 0 saturated heterocycles. The first-order valence-corrected chi connectivity index (χ1v) is 5.70. The lowest BCUT2D eigenvalue weighted by Crippen LogP contribution is -2.06.